The highest BCUT2D eigenvalue weighted by Gasteiger charge is 2.15. The van der Waals surface area contributed by atoms with Crippen molar-refractivity contribution in [1.29, 1.82) is 5.26 Å². The van der Waals surface area contributed by atoms with E-state index in [4.69, 9.17) is 5.26 Å². The van der Waals surface area contributed by atoms with Crippen LogP contribution in [0.3, 0.4) is 0 Å². The quantitative estimate of drug-likeness (QED) is 0.850. The first-order chi connectivity index (χ1) is 9.97. The summed E-state index contributed by atoms with van der Waals surface area (Å²) in [6.45, 7) is 1.61. The van der Waals surface area contributed by atoms with Crippen molar-refractivity contribution in [2.45, 2.75) is 6.92 Å². The summed E-state index contributed by atoms with van der Waals surface area (Å²) in [5, 5.41) is 19.1. The molecule has 0 aliphatic heterocycles. The summed E-state index contributed by atoms with van der Waals surface area (Å²) in [5.41, 5.74) is 0.927. The van der Waals surface area contributed by atoms with Crippen LogP contribution in [0.15, 0.2) is 38.5 Å². The molecular weight excluding hydrogens is 334 g/mol. The molecule has 1 aromatic heterocycles. The van der Waals surface area contributed by atoms with Gasteiger partial charge in [-0.15, -0.1) is 0 Å². The molecule has 0 spiro atoms. The van der Waals surface area contributed by atoms with E-state index in [-0.39, 0.29) is 11.4 Å². The maximum Gasteiger partial charge on any atom is 0.271 e. The molecule has 0 saturated carbocycles. The van der Waals surface area contributed by atoms with Gasteiger partial charge < -0.3 is 5.11 Å². The number of benzene rings is 1. The molecule has 0 fully saturated rings. The smallest absolute Gasteiger partial charge is 0.271 e. The number of nitriles is 1. The number of hydrogen-bond acceptors (Lipinski definition) is 4. The Bertz CT molecular complexity index is 832. The molecule has 21 heavy (non-hydrogen) atoms. The Morgan fingerprint density at radius 2 is 2.10 bits per heavy atom. The fraction of sp³-hybridized carbons (Fsp3) is 0.133. The minimum atomic E-state index is -0.523. The van der Waals surface area contributed by atoms with Crippen molar-refractivity contribution in [2.24, 2.45) is 12.0 Å². The van der Waals surface area contributed by atoms with E-state index in [0.717, 1.165) is 9.04 Å². The number of para-hydroxylation sites is 1. The molecule has 2 rings (SSSR count). The van der Waals surface area contributed by atoms with Crippen molar-refractivity contribution < 1.29 is 5.11 Å². The highest BCUT2D eigenvalue weighted by molar-refractivity contribution is 9.10. The molecule has 0 aliphatic carbocycles. The van der Waals surface area contributed by atoms with Crippen LogP contribution >= 0.6 is 15.9 Å². The first kappa shape index (κ1) is 15.0. The van der Waals surface area contributed by atoms with Crippen LogP contribution in [0.5, 0.6) is 5.88 Å². The van der Waals surface area contributed by atoms with E-state index in [9.17, 15) is 9.90 Å². The number of aromatic nitrogens is 1. The Labute approximate surface area is 129 Å². The lowest BCUT2D eigenvalue weighted by Crippen LogP contribution is -2.22. The average molecular weight is 346 g/mol. The largest absolute Gasteiger partial charge is 0.494 e. The van der Waals surface area contributed by atoms with Crippen LogP contribution in [-0.4, -0.2) is 15.9 Å². The van der Waals surface area contributed by atoms with Crippen molar-refractivity contribution in [2.75, 3.05) is 0 Å². The highest BCUT2D eigenvalue weighted by Crippen LogP contribution is 2.25. The van der Waals surface area contributed by atoms with Crippen molar-refractivity contribution in [3.05, 3.63) is 55.8 Å². The van der Waals surface area contributed by atoms with Gasteiger partial charge in [0.15, 0.2) is 0 Å². The zero-order valence-corrected chi connectivity index (χ0v) is 13.0. The van der Waals surface area contributed by atoms with Crippen molar-refractivity contribution in [3.8, 4) is 11.9 Å². The molecule has 5 nitrogen and oxygen atoms in total. The molecule has 1 aromatic carbocycles. The van der Waals surface area contributed by atoms with Crippen LogP contribution in [-0.2, 0) is 7.05 Å². The van der Waals surface area contributed by atoms with Gasteiger partial charge in [-0.2, -0.15) is 5.26 Å². The number of pyridine rings is 1. The van der Waals surface area contributed by atoms with Crippen LogP contribution < -0.4 is 5.56 Å². The molecule has 0 amide bonds. The van der Waals surface area contributed by atoms with Gasteiger partial charge in [0.2, 0.25) is 5.88 Å². The monoisotopic (exact) mass is 345 g/mol. The number of aromatic hydroxyl groups is 1. The van der Waals surface area contributed by atoms with Gasteiger partial charge >= 0.3 is 0 Å². The van der Waals surface area contributed by atoms with Gasteiger partial charge in [0.05, 0.1) is 11.3 Å². The van der Waals surface area contributed by atoms with Gasteiger partial charge in [0.1, 0.15) is 11.6 Å². The van der Waals surface area contributed by atoms with Gasteiger partial charge in [-0.3, -0.25) is 14.4 Å². The molecule has 2 aromatic rings. The Morgan fingerprint density at radius 3 is 2.71 bits per heavy atom. The minimum Gasteiger partial charge on any atom is -0.494 e. The maximum atomic E-state index is 11.9. The summed E-state index contributed by atoms with van der Waals surface area (Å²) in [5.74, 6) is -0.215. The number of aliphatic imine (C=N–C) groups is 1. The summed E-state index contributed by atoms with van der Waals surface area (Å²) in [4.78, 5) is 16.1. The molecule has 0 unspecified atom stereocenters. The predicted molar refractivity (Wildman–Crippen MR) is 84.2 cm³/mol. The Morgan fingerprint density at radius 1 is 1.43 bits per heavy atom. The third-order valence-corrected chi connectivity index (χ3v) is 3.82. The SMILES string of the molecule is Cc1c(C=Nc2ccccc2Br)c(O)n(C)c(=O)c1C#N. The highest BCUT2D eigenvalue weighted by atomic mass is 79.9. The Hall–Kier alpha value is -2.39. The molecule has 106 valence electrons. The third kappa shape index (κ3) is 2.73. The minimum absolute atomic E-state index is 0.00359. The second kappa shape index (κ2) is 5.94. The first-order valence-corrected chi connectivity index (χ1v) is 6.88. The third-order valence-electron chi connectivity index (χ3n) is 3.15. The van der Waals surface area contributed by atoms with Crippen LogP contribution in [0.25, 0.3) is 0 Å². The molecule has 0 radical (unpaired) electrons. The lowest BCUT2D eigenvalue weighted by molar-refractivity contribution is 0.421. The molecule has 0 saturated heterocycles. The summed E-state index contributed by atoms with van der Waals surface area (Å²) in [6, 6.07) is 9.23. The van der Waals surface area contributed by atoms with Gasteiger partial charge in [-0.1, -0.05) is 12.1 Å². The molecule has 6 heteroatoms. The van der Waals surface area contributed by atoms with Gasteiger partial charge in [0, 0.05) is 17.7 Å². The van der Waals surface area contributed by atoms with Gasteiger partial charge in [-0.05, 0) is 40.5 Å². The molecule has 1 heterocycles. The summed E-state index contributed by atoms with van der Waals surface area (Å²) >= 11 is 3.38. The Balaban J connectivity index is 2.61. The fourth-order valence-electron chi connectivity index (χ4n) is 1.88. The second-order valence-electron chi connectivity index (χ2n) is 4.42. The summed E-state index contributed by atoms with van der Waals surface area (Å²) in [6.07, 6.45) is 1.45. The Kier molecular flexibility index (Phi) is 4.24. The molecule has 1 N–H and O–H groups in total. The van der Waals surface area contributed by atoms with E-state index < -0.39 is 5.56 Å². The topological polar surface area (TPSA) is 78.4 Å². The van der Waals surface area contributed by atoms with Crippen LogP contribution in [0, 0.1) is 18.3 Å². The number of halogens is 1. The van der Waals surface area contributed by atoms with Crippen molar-refractivity contribution in [3.63, 3.8) is 0 Å². The fourth-order valence-corrected chi connectivity index (χ4v) is 2.27. The molecule has 0 atom stereocenters. The van der Waals surface area contributed by atoms with Crippen LogP contribution in [0.2, 0.25) is 0 Å². The zero-order chi connectivity index (χ0) is 15.6. The molecular formula is C15H12BrN3O2. The normalized spacial score (nSPS) is 10.8. The predicted octanol–water partition coefficient (Wildman–Crippen LogP) is 2.78. The van der Waals surface area contributed by atoms with E-state index in [0.29, 0.717) is 16.8 Å². The number of nitrogens with zero attached hydrogens (tertiary/aromatic N) is 3. The zero-order valence-electron chi connectivity index (χ0n) is 11.5. The molecule has 0 bridgehead atoms. The number of hydrogen-bond donors (Lipinski definition) is 1. The van der Waals surface area contributed by atoms with Gasteiger partial charge in [-0.25, -0.2) is 0 Å². The first-order valence-electron chi connectivity index (χ1n) is 6.08. The second-order valence-corrected chi connectivity index (χ2v) is 5.28. The summed E-state index contributed by atoms with van der Waals surface area (Å²) in [7, 11) is 1.41. The van der Waals surface area contributed by atoms with Crippen LogP contribution in [0.4, 0.5) is 5.69 Å². The standard InChI is InChI=1S/C15H12BrN3O2/c1-9-10(7-17)14(20)19(2)15(21)11(9)8-18-13-6-4-3-5-12(13)16/h3-6,8,21H,1-2H3. The molecule has 0 aliphatic rings. The van der Waals surface area contributed by atoms with E-state index >= 15 is 0 Å². The maximum absolute atomic E-state index is 11.9. The summed E-state index contributed by atoms with van der Waals surface area (Å²) < 4.78 is 1.84. The van der Waals surface area contributed by atoms with Crippen molar-refractivity contribution in [1.82, 2.24) is 4.57 Å². The van der Waals surface area contributed by atoms with Crippen molar-refractivity contribution >= 4 is 27.8 Å². The lowest BCUT2D eigenvalue weighted by Gasteiger charge is -2.09. The van der Waals surface area contributed by atoms with Crippen LogP contribution in [0.1, 0.15) is 16.7 Å². The van der Waals surface area contributed by atoms with Gasteiger partial charge in [0.25, 0.3) is 5.56 Å². The lowest BCUT2D eigenvalue weighted by atomic mass is 10.1. The van der Waals surface area contributed by atoms with E-state index in [1.54, 1.807) is 13.0 Å². The number of rotatable bonds is 2. The van der Waals surface area contributed by atoms with E-state index in [1.807, 2.05) is 24.3 Å². The average Bonchev–Trinajstić information content (AvgIpc) is 2.47. The van der Waals surface area contributed by atoms with E-state index in [2.05, 4.69) is 20.9 Å². The van der Waals surface area contributed by atoms with E-state index in [1.165, 1.54) is 13.3 Å².